The third-order valence-electron chi connectivity index (χ3n) is 5.69. The molecule has 0 radical (unpaired) electrons. The van der Waals surface area contributed by atoms with Gasteiger partial charge < -0.3 is 15.4 Å². The van der Waals surface area contributed by atoms with E-state index in [0.717, 1.165) is 18.4 Å². The molecule has 0 spiro atoms. The molecule has 1 unspecified atom stereocenters. The lowest BCUT2D eigenvalue weighted by Crippen LogP contribution is -2.59. The summed E-state index contributed by atoms with van der Waals surface area (Å²) in [4.78, 5) is 9.41. The first-order chi connectivity index (χ1) is 15.7. The Labute approximate surface area is 188 Å². The molecule has 2 aromatic carbocycles. The van der Waals surface area contributed by atoms with Crippen molar-refractivity contribution >= 4 is 17.6 Å². The van der Waals surface area contributed by atoms with Crippen LogP contribution in [-0.2, 0) is 6.54 Å². The molecular formula is C24H31FN6O. The van der Waals surface area contributed by atoms with Crippen LogP contribution >= 0.6 is 0 Å². The van der Waals surface area contributed by atoms with E-state index < -0.39 is 5.82 Å². The number of benzene rings is 2. The Balaban J connectivity index is 1.50. The number of rotatable bonds is 6. The Kier molecular flexibility index (Phi) is 7.55. The SMILES string of the molecule is COc1ccc(NC2=NC(NC3CCCCCC3)NC(=NCc3ccccc3)N2)cc1F. The fourth-order valence-corrected chi connectivity index (χ4v) is 4.00. The van der Waals surface area contributed by atoms with Gasteiger partial charge in [-0.1, -0.05) is 56.0 Å². The van der Waals surface area contributed by atoms with Gasteiger partial charge in [0.1, 0.15) is 0 Å². The molecule has 0 saturated heterocycles. The molecule has 2 aromatic rings. The van der Waals surface area contributed by atoms with Gasteiger partial charge in [0, 0.05) is 17.8 Å². The van der Waals surface area contributed by atoms with Crippen molar-refractivity contribution in [2.24, 2.45) is 9.98 Å². The van der Waals surface area contributed by atoms with E-state index in [9.17, 15) is 4.39 Å². The molecule has 7 nitrogen and oxygen atoms in total. The van der Waals surface area contributed by atoms with Gasteiger partial charge in [-0.15, -0.1) is 0 Å². The van der Waals surface area contributed by atoms with Gasteiger partial charge in [0.2, 0.25) is 11.9 Å². The van der Waals surface area contributed by atoms with Crippen molar-refractivity contribution in [1.82, 2.24) is 16.0 Å². The molecule has 1 saturated carbocycles. The first kappa shape index (κ1) is 22.1. The molecule has 1 aliphatic carbocycles. The lowest BCUT2D eigenvalue weighted by atomic mass is 10.1. The summed E-state index contributed by atoms with van der Waals surface area (Å²) >= 11 is 0. The first-order valence-electron chi connectivity index (χ1n) is 11.3. The van der Waals surface area contributed by atoms with Crippen LogP contribution in [0.2, 0.25) is 0 Å². The van der Waals surface area contributed by atoms with E-state index in [0.29, 0.717) is 30.2 Å². The monoisotopic (exact) mass is 438 g/mol. The fraction of sp³-hybridized carbons (Fsp3) is 0.417. The van der Waals surface area contributed by atoms with E-state index >= 15 is 0 Å². The number of aliphatic imine (C=N–C) groups is 2. The average Bonchev–Trinajstić information content (AvgIpc) is 3.07. The van der Waals surface area contributed by atoms with Crippen LogP contribution < -0.4 is 26.0 Å². The topological polar surface area (TPSA) is 82.1 Å². The summed E-state index contributed by atoms with van der Waals surface area (Å²) in [5.74, 6) is 0.893. The third-order valence-corrected chi connectivity index (χ3v) is 5.69. The highest BCUT2D eigenvalue weighted by molar-refractivity contribution is 6.06. The second kappa shape index (κ2) is 10.9. The number of hydrogen-bond acceptors (Lipinski definition) is 5. The standard InChI is InChI=1S/C24H31FN6O/c1-32-21-14-13-19(15-20(21)25)28-24-30-22(26-16-17-9-5-4-6-10-17)29-23(31-24)27-18-11-7-2-3-8-12-18/h4-6,9-10,13-15,18,23,27H,2-3,7-8,11-12,16H2,1H3,(H3,26,28,29,30,31). The second-order valence-corrected chi connectivity index (χ2v) is 8.13. The molecule has 0 bridgehead atoms. The van der Waals surface area contributed by atoms with Crippen molar-refractivity contribution in [1.29, 1.82) is 0 Å². The largest absolute Gasteiger partial charge is 0.494 e. The Bertz CT molecular complexity index is 941. The summed E-state index contributed by atoms with van der Waals surface area (Å²) in [6.45, 7) is 0.538. The van der Waals surface area contributed by atoms with Crippen molar-refractivity contribution in [2.45, 2.75) is 57.4 Å². The first-order valence-corrected chi connectivity index (χ1v) is 11.3. The fourth-order valence-electron chi connectivity index (χ4n) is 4.00. The van der Waals surface area contributed by atoms with E-state index in [1.165, 1.54) is 38.9 Å². The molecule has 1 atom stereocenters. The number of anilines is 1. The normalized spacial score (nSPS) is 20.6. The molecule has 4 N–H and O–H groups in total. The van der Waals surface area contributed by atoms with Gasteiger partial charge in [-0.05, 0) is 30.5 Å². The van der Waals surface area contributed by atoms with Gasteiger partial charge in [0.05, 0.1) is 13.7 Å². The molecule has 1 fully saturated rings. The van der Waals surface area contributed by atoms with Crippen LogP contribution in [0.5, 0.6) is 5.75 Å². The average molecular weight is 439 g/mol. The summed E-state index contributed by atoms with van der Waals surface area (Å²) in [5, 5.41) is 13.3. The highest BCUT2D eigenvalue weighted by Crippen LogP contribution is 2.21. The van der Waals surface area contributed by atoms with Gasteiger partial charge in [0.25, 0.3) is 0 Å². The molecule has 0 aromatic heterocycles. The summed E-state index contributed by atoms with van der Waals surface area (Å²) in [5.41, 5.74) is 1.69. The number of halogens is 1. The van der Waals surface area contributed by atoms with Crippen LogP contribution in [0.1, 0.15) is 44.1 Å². The molecule has 0 amide bonds. The van der Waals surface area contributed by atoms with Crippen LogP contribution in [0.25, 0.3) is 0 Å². The summed E-state index contributed by atoms with van der Waals surface area (Å²) in [6, 6.07) is 15.2. The van der Waals surface area contributed by atoms with E-state index in [1.807, 2.05) is 30.3 Å². The van der Waals surface area contributed by atoms with E-state index in [-0.39, 0.29) is 12.0 Å². The zero-order valence-electron chi connectivity index (χ0n) is 18.4. The Morgan fingerprint density at radius 1 is 1.09 bits per heavy atom. The minimum Gasteiger partial charge on any atom is -0.494 e. The highest BCUT2D eigenvalue weighted by Gasteiger charge is 2.22. The van der Waals surface area contributed by atoms with Gasteiger partial charge >= 0.3 is 0 Å². The summed E-state index contributed by atoms with van der Waals surface area (Å²) in [6.07, 6.45) is 7.02. The van der Waals surface area contributed by atoms with Gasteiger partial charge in [0.15, 0.2) is 17.9 Å². The van der Waals surface area contributed by atoms with Crippen LogP contribution in [0.15, 0.2) is 58.5 Å². The quantitative estimate of drug-likeness (QED) is 0.514. The van der Waals surface area contributed by atoms with Crippen LogP contribution in [0.3, 0.4) is 0 Å². The number of guanidine groups is 2. The number of ether oxygens (including phenoxy) is 1. The number of hydrogen-bond donors (Lipinski definition) is 4. The third kappa shape index (κ3) is 6.20. The highest BCUT2D eigenvalue weighted by atomic mass is 19.1. The predicted molar refractivity (Wildman–Crippen MR) is 126 cm³/mol. The molecule has 32 heavy (non-hydrogen) atoms. The van der Waals surface area contributed by atoms with E-state index in [1.54, 1.807) is 12.1 Å². The van der Waals surface area contributed by atoms with E-state index in [2.05, 4.69) is 21.3 Å². The van der Waals surface area contributed by atoms with E-state index in [4.69, 9.17) is 14.7 Å². The summed E-state index contributed by atoms with van der Waals surface area (Å²) < 4.78 is 19.1. The lowest BCUT2D eigenvalue weighted by Gasteiger charge is -2.29. The van der Waals surface area contributed by atoms with Gasteiger partial charge in [-0.25, -0.2) is 14.4 Å². The predicted octanol–water partition coefficient (Wildman–Crippen LogP) is 3.95. The number of nitrogens with zero attached hydrogens (tertiary/aromatic N) is 2. The number of methoxy groups -OCH3 is 1. The van der Waals surface area contributed by atoms with Gasteiger partial charge in [-0.3, -0.25) is 10.6 Å². The van der Waals surface area contributed by atoms with Crippen molar-refractivity contribution in [2.75, 3.05) is 12.4 Å². The van der Waals surface area contributed by atoms with Crippen molar-refractivity contribution in [3.63, 3.8) is 0 Å². The molecule has 2 aliphatic rings. The molecule has 1 heterocycles. The minimum absolute atomic E-state index is 0.203. The molecule has 1 aliphatic heterocycles. The zero-order chi connectivity index (χ0) is 22.2. The zero-order valence-corrected chi connectivity index (χ0v) is 18.4. The maximum absolute atomic E-state index is 14.1. The molecule has 8 heteroatoms. The summed E-state index contributed by atoms with van der Waals surface area (Å²) in [7, 11) is 1.45. The molecule has 4 rings (SSSR count). The Hall–Kier alpha value is -3.13. The Morgan fingerprint density at radius 2 is 1.88 bits per heavy atom. The van der Waals surface area contributed by atoms with Crippen LogP contribution in [-0.4, -0.2) is 31.4 Å². The maximum Gasteiger partial charge on any atom is 0.205 e. The van der Waals surface area contributed by atoms with Crippen molar-refractivity contribution in [3.8, 4) is 5.75 Å². The minimum atomic E-state index is -0.432. The number of nitrogens with one attached hydrogen (secondary N) is 4. The maximum atomic E-state index is 14.1. The Morgan fingerprint density at radius 3 is 2.59 bits per heavy atom. The van der Waals surface area contributed by atoms with Gasteiger partial charge in [-0.2, -0.15) is 0 Å². The second-order valence-electron chi connectivity index (χ2n) is 8.13. The molecule has 170 valence electrons. The van der Waals surface area contributed by atoms with Crippen molar-refractivity contribution < 1.29 is 9.13 Å². The lowest BCUT2D eigenvalue weighted by molar-refractivity contribution is 0.379. The van der Waals surface area contributed by atoms with Crippen molar-refractivity contribution in [3.05, 3.63) is 59.9 Å². The molecular weight excluding hydrogens is 407 g/mol. The van der Waals surface area contributed by atoms with Crippen LogP contribution in [0.4, 0.5) is 10.1 Å². The smallest absolute Gasteiger partial charge is 0.205 e. The van der Waals surface area contributed by atoms with Crippen LogP contribution in [0, 0.1) is 5.82 Å².